The first-order valence-electron chi connectivity index (χ1n) is 13.4. The van der Waals surface area contributed by atoms with Gasteiger partial charge >= 0.3 is 0 Å². The van der Waals surface area contributed by atoms with E-state index in [0.29, 0.717) is 48.1 Å². The van der Waals surface area contributed by atoms with Gasteiger partial charge in [-0.25, -0.2) is 45.1 Å². The van der Waals surface area contributed by atoms with Gasteiger partial charge in [-0.3, -0.25) is 4.72 Å². The number of aromatic nitrogens is 3. The van der Waals surface area contributed by atoms with Crippen LogP contribution in [0.4, 0.5) is 24.8 Å². The molecule has 43 heavy (non-hydrogen) atoms. The molecular weight excluding hydrogens is 622 g/mol. The molecule has 0 aliphatic carbocycles. The molecule has 1 unspecified atom stereocenters. The fraction of sp³-hybridized carbons (Fsp3) is 0.321. The summed E-state index contributed by atoms with van der Waals surface area (Å²) in [6, 6.07) is 8.66. The highest BCUT2D eigenvalue weighted by Gasteiger charge is 2.26. The molecule has 5 rings (SSSR count). The van der Waals surface area contributed by atoms with E-state index < -0.39 is 43.4 Å². The molecule has 2 N–H and O–H groups in total. The van der Waals surface area contributed by atoms with E-state index in [4.69, 9.17) is 4.98 Å². The van der Waals surface area contributed by atoms with Crippen LogP contribution in [-0.4, -0.2) is 57.3 Å². The van der Waals surface area contributed by atoms with Crippen molar-refractivity contribution in [3.8, 4) is 21.8 Å². The normalized spacial score (nSPS) is 15.5. The van der Waals surface area contributed by atoms with Crippen molar-refractivity contribution in [3.63, 3.8) is 0 Å². The molecule has 1 aliphatic heterocycles. The van der Waals surface area contributed by atoms with Crippen LogP contribution in [0.25, 0.3) is 21.8 Å². The largest absolute Gasteiger partial charge is 0.351 e. The Bertz CT molecular complexity index is 1780. The molecule has 0 saturated carbocycles. The van der Waals surface area contributed by atoms with Crippen LogP contribution < -0.4 is 10.0 Å². The molecule has 0 radical (unpaired) electrons. The number of halogens is 3. The Kier molecular flexibility index (Phi) is 9.15. The molecule has 4 aromatic rings. The number of hydrogen-bond donors (Lipinski definition) is 2. The number of nitrogens with one attached hydrogen (secondary N) is 2. The van der Waals surface area contributed by atoms with Crippen LogP contribution in [0.5, 0.6) is 0 Å². The number of benzene rings is 2. The summed E-state index contributed by atoms with van der Waals surface area (Å²) < 4.78 is 84.1. The summed E-state index contributed by atoms with van der Waals surface area (Å²) in [5, 5.41) is 4.03. The second kappa shape index (κ2) is 12.7. The fourth-order valence-electron chi connectivity index (χ4n) is 4.58. The van der Waals surface area contributed by atoms with Gasteiger partial charge in [0.05, 0.1) is 38.1 Å². The summed E-state index contributed by atoms with van der Waals surface area (Å²) in [6.45, 7) is 4.72. The van der Waals surface area contributed by atoms with E-state index in [2.05, 4.69) is 20.0 Å². The van der Waals surface area contributed by atoms with Crippen molar-refractivity contribution < 1.29 is 25.8 Å². The number of nitrogens with zero attached hydrogens (tertiary/aromatic N) is 4. The minimum atomic E-state index is -3.25. The topological polar surface area (TPSA) is 117 Å². The molecule has 2 aromatic heterocycles. The molecule has 1 saturated heterocycles. The van der Waals surface area contributed by atoms with Gasteiger partial charge in [0.2, 0.25) is 16.0 Å². The summed E-state index contributed by atoms with van der Waals surface area (Å²) in [4.78, 5) is 13.9. The van der Waals surface area contributed by atoms with Crippen molar-refractivity contribution >= 4 is 44.0 Å². The maximum Gasteiger partial charge on any atom is 0.223 e. The molecule has 1 aliphatic rings. The van der Waals surface area contributed by atoms with Gasteiger partial charge in [-0.15, -0.1) is 11.3 Å². The molecule has 2 aromatic carbocycles. The Labute approximate surface area is 254 Å². The molecule has 0 spiro atoms. The zero-order valence-corrected chi connectivity index (χ0v) is 25.9. The van der Waals surface area contributed by atoms with Crippen molar-refractivity contribution in [2.45, 2.75) is 43.5 Å². The van der Waals surface area contributed by atoms with Gasteiger partial charge < -0.3 is 5.32 Å². The Morgan fingerprint density at radius 2 is 1.81 bits per heavy atom. The van der Waals surface area contributed by atoms with Crippen LogP contribution in [0.2, 0.25) is 0 Å². The summed E-state index contributed by atoms with van der Waals surface area (Å²) in [6.07, 6.45) is 3.97. The first-order chi connectivity index (χ1) is 20.4. The number of thiazole rings is 1. The number of hydrogen-bond acceptors (Lipinski definition) is 8. The minimum absolute atomic E-state index is 0.0237. The van der Waals surface area contributed by atoms with E-state index in [1.54, 1.807) is 18.3 Å². The van der Waals surface area contributed by atoms with Gasteiger partial charge in [0.15, 0.2) is 16.8 Å². The van der Waals surface area contributed by atoms with Crippen LogP contribution in [0, 0.1) is 17.5 Å². The van der Waals surface area contributed by atoms with E-state index in [-0.39, 0.29) is 23.2 Å². The van der Waals surface area contributed by atoms with Gasteiger partial charge in [-0.1, -0.05) is 19.9 Å². The van der Waals surface area contributed by atoms with E-state index in [0.717, 1.165) is 23.2 Å². The van der Waals surface area contributed by atoms with Crippen LogP contribution in [0.1, 0.15) is 37.6 Å². The van der Waals surface area contributed by atoms with Crippen molar-refractivity contribution in [3.05, 3.63) is 71.1 Å². The summed E-state index contributed by atoms with van der Waals surface area (Å²) in [5.41, 5.74) is 0.772. The van der Waals surface area contributed by atoms with Gasteiger partial charge in [0.25, 0.3) is 0 Å². The molecular formula is C28H29F3N6O3S3. The smallest absolute Gasteiger partial charge is 0.223 e. The molecule has 0 bridgehead atoms. The lowest BCUT2D eigenvalue weighted by Gasteiger charge is -2.30. The van der Waals surface area contributed by atoms with Gasteiger partial charge in [0.1, 0.15) is 11.6 Å². The Morgan fingerprint density at radius 3 is 2.51 bits per heavy atom. The van der Waals surface area contributed by atoms with Crippen LogP contribution >= 0.6 is 11.3 Å². The average molecular weight is 651 g/mol. The lowest BCUT2D eigenvalue weighted by Crippen LogP contribution is -2.42. The quantitative estimate of drug-likeness (QED) is 0.236. The first-order valence-corrected chi connectivity index (χ1v) is 17.2. The summed E-state index contributed by atoms with van der Waals surface area (Å²) in [5.74, 6) is -2.04. The van der Waals surface area contributed by atoms with Crippen molar-refractivity contribution in [2.24, 2.45) is 0 Å². The molecule has 15 heteroatoms. The molecule has 3 heterocycles. The molecule has 1 atom stereocenters. The molecule has 1 fully saturated rings. The zero-order valence-electron chi connectivity index (χ0n) is 23.5. The predicted molar refractivity (Wildman–Crippen MR) is 162 cm³/mol. The van der Waals surface area contributed by atoms with E-state index >= 15 is 4.39 Å². The average Bonchev–Trinajstić information content (AvgIpc) is 3.41. The highest BCUT2D eigenvalue weighted by Crippen LogP contribution is 2.40. The second-order valence-corrected chi connectivity index (χ2v) is 14.5. The molecule has 228 valence electrons. The third-order valence-corrected chi connectivity index (χ3v) is 10.6. The molecule has 9 nitrogen and oxygen atoms in total. The highest BCUT2D eigenvalue weighted by atomic mass is 32.2. The standard InChI is InChI=1S/C28H29F3N6O3S3/c1-16(2)27-35-25(19-5-4-6-21(24(19)31)36-42(38)23-15-17(29)7-8-20(23)30)26(41-27)22-9-12-32-28(34-22)33-18-10-13-37(14-11-18)43(3,39)40/h4-9,12,15-16,18,36H,10-11,13-14H2,1-3H3,(H,32,33,34). The highest BCUT2D eigenvalue weighted by molar-refractivity contribution is 7.88. The van der Waals surface area contributed by atoms with Crippen LogP contribution in [-0.2, 0) is 21.0 Å². The maximum atomic E-state index is 15.9. The third-order valence-electron chi connectivity index (χ3n) is 6.83. The van der Waals surface area contributed by atoms with Crippen molar-refractivity contribution in [2.75, 3.05) is 29.4 Å². The SMILES string of the molecule is CC(C)c1nc(-c2cccc(NS(=O)c3cc(F)ccc3F)c2F)c(-c2ccnc(NC3CCN(S(C)(=O)=O)CC3)n2)s1. The number of piperidine rings is 1. The maximum absolute atomic E-state index is 15.9. The van der Waals surface area contributed by atoms with Crippen LogP contribution in [0.15, 0.2) is 53.6 Å². The lowest BCUT2D eigenvalue weighted by atomic mass is 10.1. The Morgan fingerprint density at radius 1 is 1.07 bits per heavy atom. The summed E-state index contributed by atoms with van der Waals surface area (Å²) >= 11 is 1.36. The second-order valence-electron chi connectivity index (χ2n) is 10.3. The molecule has 0 amide bonds. The Hall–Kier alpha value is -3.40. The van der Waals surface area contributed by atoms with E-state index in [9.17, 15) is 21.4 Å². The zero-order chi connectivity index (χ0) is 30.9. The number of rotatable bonds is 9. The minimum Gasteiger partial charge on any atom is -0.351 e. The van der Waals surface area contributed by atoms with Gasteiger partial charge in [-0.2, -0.15) is 0 Å². The monoisotopic (exact) mass is 650 g/mol. The number of sulfonamides is 1. The Balaban J connectivity index is 1.44. The third kappa shape index (κ3) is 7.06. The van der Waals surface area contributed by atoms with Gasteiger partial charge in [0, 0.05) is 36.8 Å². The lowest BCUT2D eigenvalue weighted by molar-refractivity contribution is 0.331. The summed E-state index contributed by atoms with van der Waals surface area (Å²) in [7, 11) is -5.52. The fourth-order valence-corrected chi connectivity index (χ4v) is 7.44. The van der Waals surface area contributed by atoms with Gasteiger partial charge in [-0.05, 0) is 49.2 Å². The van der Waals surface area contributed by atoms with Crippen LogP contribution in [0.3, 0.4) is 0 Å². The van der Waals surface area contributed by atoms with Crippen molar-refractivity contribution in [1.29, 1.82) is 0 Å². The van der Waals surface area contributed by atoms with Crippen molar-refractivity contribution in [1.82, 2.24) is 19.3 Å². The number of anilines is 2. The van der Waals surface area contributed by atoms with E-state index in [1.165, 1.54) is 34.0 Å². The predicted octanol–water partition coefficient (Wildman–Crippen LogP) is 5.78. The first kappa shape index (κ1) is 31.0. The van der Waals surface area contributed by atoms with E-state index in [1.807, 2.05) is 13.8 Å².